The van der Waals surface area contributed by atoms with Crippen LogP contribution in [0, 0.1) is 97.4 Å². The van der Waals surface area contributed by atoms with Crippen LogP contribution in [-0.2, 0) is 0 Å². The van der Waals surface area contributed by atoms with Gasteiger partial charge in [0.15, 0.2) is 0 Å². The third-order valence-electron chi connectivity index (χ3n) is 17.9. The van der Waals surface area contributed by atoms with Crippen molar-refractivity contribution in [3.05, 3.63) is 71.1 Å². The maximum atomic E-state index is 6.76. The zero-order chi connectivity index (χ0) is 64.4. The second-order valence-corrected chi connectivity index (χ2v) is 28.1. The normalized spacial score (nSPS) is 11.7. The van der Waals surface area contributed by atoms with Crippen LogP contribution >= 0.6 is 34.4 Å². The molecule has 5 aromatic heterocycles. The molecule has 0 spiro atoms. The smallest absolute Gasteiger partial charge is 0.119 e. The zero-order valence-electron chi connectivity index (χ0n) is 56.3. The van der Waals surface area contributed by atoms with Crippen LogP contribution in [-0.4, -0.2) is 36.5 Å². The number of thiophene rings is 2. The second-order valence-electron chi connectivity index (χ2n) is 25.2. The van der Waals surface area contributed by atoms with Gasteiger partial charge in [0.2, 0.25) is 0 Å². The Morgan fingerprint density at radius 2 is 0.826 bits per heavy atom. The minimum absolute atomic E-state index is 0.546. The van der Waals surface area contributed by atoms with E-state index in [1.165, 1.54) is 227 Å². The Balaban J connectivity index is 1.12. The van der Waals surface area contributed by atoms with E-state index in [0.29, 0.717) is 11.8 Å². The van der Waals surface area contributed by atoms with Crippen LogP contribution in [0.5, 0.6) is 11.5 Å². The van der Waals surface area contributed by atoms with Crippen LogP contribution in [0.15, 0.2) is 60.7 Å². The van der Waals surface area contributed by atoms with E-state index in [2.05, 4.69) is 167 Å². The second kappa shape index (κ2) is 40.2. The van der Waals surface area contributed by atoms with Crippen LogP contribution in [0.3, 0.4) is 0 Å². The van der Waals surface area contributed by atoms with Crippen molar-refractivity contribution < 1.29 is 9.47 Å². The van der Waals surface area contributed by atoms with Gasteiger partial charge in [0.05, 0.1) is 62.3 Å². The molecule has 482 valence electrons. The fourth-order valence-electron chi connectivity index (χ4n) is 12.6. The van der Waals surface area contributed by atoms with Gasteiger partial charge in [-0.3, -0.25) is 4.57 Å². The van der Waals surface area contributed by atoms with Crippen LogP contribution in [0.2, 0.25) is 0 Å². The van der Waals surface area contributed by atoms with Crippen LogP contribution in [0.4, 0.5) is 0 Å². The molecule has 0 radical (unpaired) electrons. The first kappa shape index (κ1) is 70.8. The molecule has 0 aliphatic carbocycles. The number of benzene rings is 3. The maximum Gasteiger partial charge on any atom is 0.119 e. The number of unbranched alkanes of at least 4 members (excludes halogenated alkanes) is 24. The van der Waals surface area contributed by atoms with Gasteiger partial charge in [0, 0.05) is 67.7 Å². The summed E-state index contributed by atoms with van der Waals surface area (Å²) in [4.78, 5) is 13.7. The van der Waals surface area contributed by atoms with Crippen molar-refractivity contribution >= 4 is 76.9 Å². The average molecular weight is 1280 g/mol. The Morgan fingerprint density at radius 3 is 1.28 bits per heavy atom. The molecule has 8 aromatic rings. The van der Waals surface area contributed by atoms with Crippen molar-refractivity contribution in [2.75, 3.05) is 13.2 Å². The molecule has 0 amide bonds. The summed E-state index contributed by atoms with van der Waals surface area (Å²) >= 11 is 4.73. The lowest BCUT2D eigenvalue weighted by Crippen LogP contribution is -2.12. The SMILES string of the molecule is C#CC#CC#CC#CC#CC#Cn1c2cc(C)sc2c2sc(-c3c4nsnc4c(C)c4nc(-c5ccc(OCC(CCCCCCCC)CCCCCCCCCC)cc5)c(-c5ccc(OCC(CCCCCCCC)CCCCCCCCCC)cc5)nc34)cc21. The number of aryl methyl sites for hydroxylation is 2. The van der Waals surface area contributed by atoms with Crippen molar-refractivity contribution in [3.63, 3.8) is 0 Å². The largest absolute Gasteiger partial charge is 0.493 e. The summed E-state index contributed by atoms with van der Waals surface area (Å²) in [7, 11) is 0. The van der Waals surface area contributed by atoms with E-state index in [-0.39, 0.29) is 0 Å². The molecule has 0 bridgehead atoms. The molecule has 8 rings (SSSR count). The number of terminal acetylenes is 1. The predicted molar refractivity (Wildman–Crippen MR) is 397 cm³/mol. The Kier molecular flexibility index (Phi) is 30.9. The summed E-state index contributed by atoms with van der Waals surface area (Å²) < 4.78 is 27.8. The average Bonchev–Trinajstić information content (AvgIpc) is 1.47. The highest BCUT2D eigenvalue weighted by Gasteiger charge is 2.26. The third kappa shape index (κ3) is 21.5. The topological polar surface area (TPSA) is 75.0 Å². The van der Waals surface area contributed by atoms with Gasteiger partial charge in [-0.05, 0) is 142 Å². The highest BCUT2D eigenvalue weighted by Crippen LogP contribution is 2.47. The Morgan fingerprint density at radius 1 is 0.435 bits per heavy atom. The molecule has 0 aliphatic heterocycles. The van der Waals surface area contributed by atoms with Gasteiger partial charge in [-0.2, -0.15) is 8.75 Å². The summed E-state index contributed by atoms with van der Waals surface area (Å²) in [6.07, 6.45) is 47.3. The summed E-state index contributed by atoms with van der Waals surface area (Å²) in [6, 6.07) is 25.0. The van der Waals surface area contributed by atoms with Crippen molar-refractivity contribution in [3.8, 4) is 116 Å². The van der Waals surface area contributed by atoms with Gasteiger partial charge in [0.25, 0.3) is 0 Å². The minimum Gasteiger partial charge on any atom is -0.493 e. The summed E-state index contributed by atoms with van der Waals surface area (Å²) in [5, 5.41) is 0. The third-order valence-corrected chi connectivity index (χ3v) is 20.8. The van der Waals surface area contributed by atoms with Gasteiger partial charge >= 0.3 is 0 Å². The van der Waals surface area contributed by atoms with Crippen molar-refractivity contribution in [2.45, 2.75) is 247 Å². The monoisotopic (exact) mass is 1280 g/mol. The molecular formula is C82H99N5O2S3. The van der Waals surface area contributed by atoms with E-state index in [9.17, 15) is 0 Å². The molecule has 3 aromatic carbocycles. The lowest BCUT2D eigenvalue weighted by atomic mass is 9.94. The number of hydrogen-bond acceptors (Lipinski definition) is 9. The van der Waals surface area contributed by atoms with Gasteiger partial charge < -0.3 is 9.47 Å². The fourth-order valence-corrected chi connectivity index (χ4v) is 15.5. The highest BCUT2D eigenvalue weighted by molar-refractivity contribution is 7.29. The van der Waals surface area contributed by atoms with E-state index < -0.39 is 0 Å². The number of hydrogen-bond donors (Lipinski definition) is 0. The van der Waals surface area contributed by atoms with Crippen LogP contribution in [0.1, 0.15) is 244 Å². The van der Waals surface area contributed by atoms with Crippen molar-refractivity contribution in [2.24, 2.45) is 11.8 Å². The molecule has 5 heterocycles. The van der Waals surface area contributed by atoms with E-state index in [4.69, 9.17) is 34.6 Å². The molecule has 0 fully saturated rings. The maximum absolute atomic E-state index is 6.76. The molecular weight excluding hydrogens is 1180 g/mol. The Bertz CT molecular complexity index is 3940. The summed E-state index contributed by atoms with van der Waals surface area (Å²) in [5.74, 6) is 29.5. The molecule has 0 saturated heterocycles. The van der Waals surface area contributed by atoms with Gasteiger partial charge in [-0.25, -0.2) is 9.97 Å². The van der Waals surface area contributed by atoms with Crippen LogP contribution < -0.4 is 9.47 Å². The van der Waals surface area contributed by atoms with E-state index in [1.807, 2.05) is 4.57 Å². The lowest BCUT2D eigenvalue weighted by molar-refractivity contribution is 0.224. The van der Waals surface area contributed by atoms with E-state index in [0.717, 1.165) is 101 Å². The Hall–Kier alpha value is -7.02. The fraction of sp³-hybridized carbons (Fsp3) is 0.512. The number of ether oxygens (including phenoxy) is 2. The first-order valence-electron chi connectivity index (χ1n) is 35.3. The molecule has 0 aliphatic rings. The molecule has 0 saturated carbocycles. The van der Waals surface area contributed by atoms with Gasteiger partial charge in [-0.15, -0.1) is 29.1 Å². The van der Waals surface area contributed by atoms with Gasteiger partial charge in [0.1, 0.15) is 28.0 Å². The molecule has 2 atom stereocenters. The molecule has 7 nitrogen and oxygen atoms in total. The summed E-state index contributed by atoms with van der Waals surface area (Å²) in [5.41, 5.74) is 10.7. The van der Waals surface area contributed by atoms with Crippen LogP contribution in [0.25, 0.3) is 75.5 Å². The molecule has 0 N–H and O–H groups in total. The van der Waals surface area contributed by atoms with Gasteiger partial charge in [-0.1, -0.05) is 207 Å². The first-order chi connectivity index (χ1) is 45.3. The first-order valence-corrected chi connectivity index (χ1v) is 37.7. The Labute approximate surface area is 565 Å². The van der Waals surface area contributed by atoms with E-state index in [1.54, 1.807) is 22.7 Å². The summed E-state index contributed by atoms with van der Waals surface area (Å²) in [6.45, 7) is 14.9. The number of nitrogens with zero attached hydrogens (tertiary/aromatic N) is 5. The quantitative estimate of drug-likeness (QED) is 0.0281. The van der Waals surface area contributed by atoms with E-state index >= 15 is 0 Å². The molecule has 2 unspecified atom stereocenters. The highest BCUT2D eigenvalue weighted by atomic mass is 32.1. The standard InChI is InChI=1S/C82H99N5O2S3/c1-8-13-18-23-28-31-32-35-40-45-58-87-71-59-63(6)90-81(71)82-72(87)60-73(91-82)74-79-75(64(7)76-80(74)86-92-85-76)83-77(67-50-54-69(55-51-67)88-61-65(46-41-36-26-21-16-11-4)48-43-38-33-29-24-19-14-9-2)78(84-79)68-52-56-70(57-53-68)89-62-66(47-42-37-27-22-17-12-5)49-44-39-34-30-25-20-15-10-3/h1,50-57,59-60,65-66H,9-12,14-17,19-22,24-27,29-30,33-34,36-39,41-44,46-49,61-62H2,2-7H3. The number of aromatic nitrogens is 5. The number of fused-ring (bicyclic) bond motifs is 5. The zero-order valence-corrected chi connectivity index (χ0v) is 58.8. The molecule has 92 heavy (non-hydrogen) atoms. The predicted octanol–water partition coefficient (Wildman–Crippen LogP) is 23.5. The number of rotatable bonds is 41. The molecule has 10 heteroatoms. The van der Waals surface area contributed by atoms with Crippen molar-refractivity contribution in [1.29, 1.82) is 0 Å². The lowest BCUT2D eigenvalue weighted by Gasteiger charge is -2.19. The van der Waals surface area contributed by atoms with Crippen molar-refractivity contribution in [1.82, 2.24) is 23.3 Å². The minimum atomic E-state index is 0.546.